The fourth-order valence-corrected chi connectivity index (χ4v) is 2.74. The fraction of sp³-hybridized carbons (Fsp3) is 0.333. The number of piperidine rings is 1. The van der Waals surface area contributed by atoms with E-state index >= 15 is 0 Å². The average Bonchev–Trinajstić information content (AvgIpc) is 2.97. The predicted octanol–water partition coefficient (Wildman–Crippen LogP) is 2.29. The minimum Gasteiger partial charge on any atom is -0.337 e. The Bertz CT molecular complexity index is 647. The molecule has 0 radical (unpaired) electrons. The Morgan fingerprint density at radius 3 is 2.76 bits per heavy atom. The third kappa shape index (κ3) is 2.94. The second kappa shape index (κ2) is 5.87. The lowest BCUT2D eigenvalue weighted by Gasteiger charge is -2.29. The molecule has 1 fully saturated rings. The number of hydrogen-bond donors (Lipinski definition) is 2. The van der Waals surface area contributed by atoms with Crippen molar-refractivity contribution in [1.82, 2.24) is 15.1 Å². The summed E-state index contributed by atoms with van der Waals surface area (Å²) >= 11 is 6.15. The molecule has 1 amide bonds. The van der Waals surface area contributed by atoms with Crippen molar-refractivity contribution in [3.05, 3.63) is 41.0 Å². The van der Waals surface area contributed by atoms with Crippen molar-refractivity contribution < 1.29 is 4.79 Å². The molecule has 0 aliphatic carbocycles. The molecule has 0 unspecified atom stereocenters. The van der Waals surface area contributed by atoms with Gasteiger partial charge < -0.3 is 10.6 Å². The van der Waals surface area contributed by atoms with Gasteiger partial charge in [-0.15, -0.1) is 0 Å². The van der Waals surface area contributed by atoms with Crippen molar-refractivity contribution in [2.75, 3.05) is 13.1 Å². The second-order valence-corrected chi connectivity index (χ2v) is 5.68. The van der Waals surface area contributed by atoms with Crippen LogP contribution in [0.1, 0.15) is 23.3 Å². The number of nitrogens with two attached hydrogens (primary N) is 1. The monoisotopic (exact) mass is 304 g/mol. The van der Waals surface area contributed by atoms with Gasteiger partial charge in [0, 0.05) is 24.7 Å². The van der Waals surface area contributed by atoms with Crippen LogP contribution in [0.15, 0.2) is 30.3 Å². The van der Waals surface area contributed by atoms with E-state index in [0.29, 0.717) is 29.5 Å². The lowest BCUT2D eigenvalue weighted by molar-refractivity contribution is 0.0709. The SMILES string of the molecule is NC1CCN(C(=O)c2cc(-c3ccccc3Cl)n[nH]2)CC1. The number of benzene rings is 1. The minimum atomic E-state index is -0.0345. The molecule has 1 aliphatic heterocycles. The predicted molar refractivity (Wildman–Crippen MR) is 82.1 cm³/mol. The van der Waals surface area contributed by atoms with Gasteiger partial charge in [0.15, 0.2) is 0 Å². The highest BCUT2D eigenvalue weighted by atomic mass is 35.5. The smallest absolute Gasteiger partial charge is 0.271 e. The zero-order chi connectivity index (χ0) is 14.8. The van der Waals surface area contributed by atoms with Crippen LogP contribution in [0.4, 0.5) is 0 Å². The van der Waals surface area contributed by atoms with Gasteiger partial charge in [-0.25, -0.2) is 0 Å². The summed E-state index contributed by atoms with van der Waals surface area (Å²) in [4.78, 5) is 14.2. The first kappa shape index (κ1) is 14.1. The summed E-state index contributed by atoms with van der Waals surface area (Å²) in [6.07, 6.45) is 1.69. The average molecular weight is 305 g/mol. The van der Waals surface area contributed by atoms with E-state index in [1.807, 2.05) is 23.1 Å². The van der Waals surface area contributed by atoms with Crippen LogP contribution < -0.4 is 5.73 Å². The molecule has 0 saturated carbocycles. The molecule has 6 heteroatoms. The van der Waals surface area contributed by atoms with Gasteiger partial charge in [0.2, 0.25) is 0 Å². The summed E-state index contributed by atoms with van der Waals surface area (Å²) < 4.78 is 0. The van der Waals surface area contributed by atoms with Gasteiger partial charge in [-0.3, -0.25) is 9.89 Å². The zero-order valence-corrected chi connectivity index (χ0v) is 12.3. The van der Waals surface area contributed by atoms with Crippen LogP contribution in [0.25, 0.3) is 11.3 Å². The molecule has 1 aliphatic rings. The standard InChI is InChI=1S/C15H17ClN4O/c16-12-4-2-1-3-11(12)13-9-14(19-18-13)15(21)20-7-5-10(17)6-8-20/h1-4,9-10H,5-8,17H2,(H,18,19). The van der Waals surface area contributed by atoms with Crippen molar-refractivity contribution in [3.8, 4) is 11.3 Å². The summed E-state index contributed by atoms with van der Waals surface area (Å²) in [7, 11) is 0. The number of halogens is 1. The van der Waals surface area contributed by atoms with Gasteiger partial charge in [-0.1, -0.05) is 29.8 Å². The molecule has 1 aromatic heterocycles. The maximum Gasteiger partial charge on any atom is 0.271 e. The van der Waals surface area contributed by atoms with Crippen LogP contribution in [0, 0.1) is 0 Å². The van der Waals surface area contributed by atoms with E-state index in [0.717, 1.165) is 18.4 Å². The molecule has 1 saturated heterocycles. The van der Waals surface area contributed by atoms with Gasteiger partial charge in [0.25, 0.3) is 5.91 Å². The number of likely N-dealkylation sites (tertiary alicyclic amines) is 1. The van der Waals surface area contributed by atoms with Crippen LogP contribution in [-0.2, 0) is 0 Å². The molecule has 2 aromatic rings. The topological polar surface area (TPSA) is 75.0 Å². The number of carbonyl (C=O) groups is 1. The number of hydrogen-bond acceptors (Lipinski definition) is 3. The molecule has 2 heterocycles. The molecular formula is C15H17ClN4O. The normalized spacial score (nSPS) is 16.2. The maximum atomic E-state index is 12.4. The molecule has 0 spiro atoms. The molecule has 1 aromatic carbocycles. The van der Waals surface area contributed by atoms with E-state index < -0.39 is 0 Å². The highest BCUT2D eigenvalue weighted by Crippen LogP contribution is 2.26. The van der Waals surface area contributed by atoms with E-state index in [4.69, 9.17) is 17.3 Å². The van der Waals surface area contributed by atoms with Crippen LogP contribution in [-0.4, -0.2) is 40.1 Å². The van der Waals surface area contributed by atoms with Crippen LogP contribution in [0.2, 0.25) is 5.02 Å². The van der Waals surface area contributed by atoms with Gasteiger partial charge in [-0.05, 0) is 25.0 Å². The van der Waals surface area contributed by atoms with Crippen molar-refractivity contribution in [2.45, 2.75) is 18.9 Å². The number of nitrogens with one attached hydrogen (secondary N) is 1. The Kier molecular flexibility index (Phi) is 3.94. The lowest BCUT2D eigenvalue weighted by Crippen LogP contribution is -2.42. The van der Waals surface area contributed by atoms with Crippen molar-refractivity contribution >= 4 is 17.5 Å². The summed E-state index contributed by atoms with van der Waals surface area (Å²) in [5, 5.41) is 7.62. The first-order chi connectivity index (χ1) is 10.1. The molecule has 3 rings (SSSR count). The van der Waals surface area contributed by atoms with E-state index in [9.17, 15) is 4.79 Å². The number of aromatic nitrogens is 2. The van der Waals surface area contributed by atoms with Crippen molar-refractivity contribution in [2.24, 2.45) is 5.73 Å². The molecule has 0 bridgehead atoms. The Morgan fingerprint density at radius 1 is 1.33 bits per heavy atom. The molecule has 5 nitrogen and oxygen atoms in total. The van der Waals surface area contributed by atoms with Gasteiger partial charge >= 0.3 is 0 Å². The van der Waals surface area contributed by atoms with E-state index in [-0.39, 0.29) is 11.9 Å². The molecular weight excluding hydrogens is 288 g/mol. The van der Waals surface area contributed by atoms with E-state index in [2.05, 4.69) is 10.2 Å². The zero-order valence-electron chi connectivity index (χ0n) is 11.6. The van der Waals surface area contributed by atoms with E-state index in [1.165, 1.54) is 0 Å². The Morgan fingerprint density at radius 2 is 2.05 bits per heavy atom. The maximum absolute atomic E-state index is 12.4. The van der Waals surface area contributed by atoms with Crippen molar-refractivity contribution in [1.29, 1.82) is 0 Å². The van der Waals surface area contributed by atoms with Gasteiger partial charge in [0.05, 0.1) is 10.7 Å². The second-order valence-electron chi connectivity index (χ2n) is 5.28. The largest absolute Gasteiger partial charge is 0.337 e. The molecule has 110 valence electrons. The summed E-state index contributed by atoms with van der Waals surface area (Å²) in [5.41, 5.74) is 7.84. The Balaban J connectivity index is 1.79. The number of carbonyl (C=O) groups excluding carboxylic acids is 1. The minimum absolute atomic E-state index is 0.0345. The fourth-order valence-electron chi connectivity index (χ4n) is 2.51. The number of H-pyrrole nitrogens is 1. The first-order valence-electron chi connectivity index (χ1n) is 7.00. The van der Waals surface area contributed by atoms with Gasteiger partial charge in [-0.2, -0.15) is 5.10 Å². The van der Waals surface area contributed by atoms with Crippen molar-refractivity contribution in [3.63, 3.8) is 0 Å². The summed E-state index contributed by atoms with van der Waals surface area (Å²) in [5.74, 6) is -0.0345. The number of nitrogens with zero attached hydrogens (tertiary/aromatic N) is 2. The summed E-state index contributed by atoms with van der Waals surface area (Å²) in [6.45, 7) is 1.39. The highest BCUT2D eigenvalue weighted by molar-refractivity contribution is 6.33. The summed E-state index contributed by atoms with van der Waals surface area (Å²) in [6, 6.07) is 9.39. The highest BCUT2D eigenvalue weighted by Gasteiger charge is 2.23. The molecule has 3 N–H and O–H groups in total. The molecule has 21 heavy (non-hydrogen) atoms. The number of amides is 1. The quantitative estimate of drug-likeness (QED) is 0.894. The van der Waals surface area contributed by atoms with Crippen LogP contribution in [0.5, 0.6) is 0 Å². The number of aromatic amines is 1. The van der Waals surface area contributed by atoms with Gasteiger partial charge in [0.1, 0.15) is 5.69 Å². The molecule has 0 atom stereocenters. The Labute approximate surface area is 128 Å². The third-order valence-electron chi connectivity index (χ3n) is 3.78. The number of rotatable bonds is 2. The van der Waals surface area contributed by atoms with Crippen LogP contribution in [0.3, 0.4) is 0 Å². The first-order valence-corrected chi connectivity index (χ1v) is 7.38. The lowest BCUT2D eigenvalue weighted by atomic mass is 10.1. The third-order valence-corrected chi connectivity index (χ3v) is 4.11. The van der Waals surface area contributed by atoms with Crippen LogP contribution >= 0.6 is 11.6 Å². The van der Waals surface area contributed by atoms with E-state index in [1.54, 1.807) is 12.1 Å². The Hall–Kier alpha value is -1.85.